The smallest absolute Gasteiger partial charge is 0.189 e. The fourth-order valence-corrected chi connectivity index (χ4v) is 6.50. The first-order valence-corrected chi connectivity index (χ1v) is 14.7. The van der Waals surface area contributed by atoms with Gasteiger partial charge in [-0.05, 0) is 62.4 Å². The van der Waals surface area contributed by atoms with E-state index >= 15 is 0 Å². The molecule has 1 aliphatic heterocycles. The molecule has 0 radical (unpaired) electrons. The number of pyridine rings is 1. The highest BCUT2D eigenvalue weighted by Crippen LogP contribution is 2.39. The van der Waals surface area contributed by atoms with Gasteiger partial charge >= 0.3 is 0 Å². The van der Waals surface area contributed by atoms with Gasteiger partial charge in [0.1, 0.15) is 22.2 Å². The van der Waals surface area contributed by atoms with Crippen LogP contribution < -0.4 is 9.64 Å². The van der Waals surface area contributed by atoms with Crippen molar-refractivity contribution in [2.24, 2.45) is 11.8 Å². The van der Waals surface area contributed by atoms with Crippen LogP contribution in [0.3, 0.4) is 0 Å². The highest BCUT2D eigenvalue weighted by atomic mass is 32.2. The second kappa shape index (κ2) is 10.8. The van der Waals surface area contributed by atoms with Crippen LogP contribution in [-0.2, 0) is 14.6 Å². The molecule has 1 aromatic carbocycles. The number of ether oxygens (including phenoxy) is 1. The summed E-state index contributed by atoms with van der Waals surface area (Å²) in [6, 6.07) is 11.1. The van der Waals surface area contributed by atoms with Crippen LogP contribution in [0.4, 0.5) is 5.82 Å². The zero-order valence-corrected chi connectivity index (χ0v) is 23.5. The maximum atomic E-state index is 13.5. The summed E-state index contributed by atoms with van der Waals surface area (Å²) in [5.41, 5.74) is 1.48. The molecule has 1 aliphatic carbocycles. The number of rotatable bonds is 9. The van der Waals surface area contributed by atoms with E-state index < -0.39 is 27.2 Å². The molecule has 0 saturated carbocycles. The second-order valence-electron chi connectivity index (χ2n) is 11.3. The monoisotopic (exact) mass is 536 g/mol. The zero-order chi connectivity index (χ0) is 27.7. The van der Waals surface area contributed by atoms with Crippen molar-refractivity contribution in [3.63, 3.8) is 0 Å². The molecule has 1 aromatic heterocycles. The van der Waals surface area contributed by atoms with E-state index in [0.29, 0.717) is 36.5 Å². The number of hydrogen-bond donors (Lipinski definition) is 0. The molecule has 0 bridgehead atoms. The Morgan fingerprint density at radius 1 is 1.21 bits per heavy atom. The highest BCUT2D eigenvalue weighted by Gasteiger charge is 2.39. The number of ketones is 2. The number of carbonyl (C=O) groups is 2. The summed E-state index contributed by atoms with van der Waals surface area (Å²) >= 11 is 0. The minimum Gasteiger partial charge on any atom is -0.493 e. The summed E-state index contributed by atoms with van der Waals surface area (Å²) in [5.74, 6) is 0.116. The topological polar surface area (TPSA) is 93.6 Å². The van der Waals surface area contributed by atoms with Gasteiger partial charge in [0.15, 0.2) is 21.4 Å². The minimum atomic E-state index is -4.09. The Balaban J connectivity index is 1.73. The standard InChI is InChI=1S/C30H36N2O5S/c1-20(2)18-37-23-10-8-9-22(15-23)25-14-13-24(29(31-25)32-17-21(3)16-30(32,4)5)27(34)19-38(35,36)28-12-7-6-11-26(28)33/h6-10,12-15,20-21H,11,16-19H2,1-5H3/t21-/m0/s1. The molecule has 1 saturated heterocycles. The highest BCUT2D eigenvalue weighted by molar-refractivity contribution is 7.96. The van der Waals surface area contributed by atoms with E-state index in [9.17, 15) is 18.0 Å². The summed E-state index contributed by atoms with van der Waals surface area (Å²) < 4.78 is 32.0. The van der Waals surface area contributed by atoms with Crippen LogP contribution in [0.25, 0.3) is 11.3 Å². The summed E-state index contributed by atoms with van der Waals surface area (Å²) in [6.07, 6.45) is 5.34. The quantitative estimate of drug-likeness (QED) is 0.395. The lowest BCUT2D eigenvalue weighted by molar-refractivity contribution is -0.114. The third-order valence-electron chi connectivity index (χ3n) is 6.84. The van der Waals surface area contributed by atoms with Crippen molar-refractivity contribution in [3.8, 4) is 17.0 Å². The molecule has 1 atom stereocenters. The number of Topliss-reactive ketones (excluding diaryl/α,β-unsaturated/α-hetero) is 2. The number of allylic oxidation sites excluding steroid dienone is 4. The van der Waals surface area contributed by atoms with Crippen molar-refractivity contribution in [3.05, 3.63) is 65.1 Å². The molecule has 38 heavy (non-hydrogen) atoms. The van der Waals surface area contributed by atoms with Gasteiger partial charge in [0.2, 0.25) is 0 Å². The number of benzene rings is 1. The van der Waals surface area contributed by atoms with Gasteiger partial charge in [-0.2, -0.15) is 0 Å². The summed E-state index contributed by atoms with van der Waals surface area (Å²) in [6.45, 7) is 11.8. The van der Waals surface area contributed by atoms with E-state index in [1.807, 2.05) is 24.3 Å². The Labute approximate surface area is 225 Å². The fraction of sp³-hybridized carbons (Fsp3) is 0.433. The number of carbonyl (C=O) groups excluding carboxylic acids is 2. The van der Waals surface area contributed by atoms with Gasteiger partial charge in [0.25, 0.3) is 0 Å². The van der Waals surface area contributed by atoms with Crippen LogP contribution in [0, 0.1) is 11.8 Å². The Hall–Kier alpha value is -3.26. The average Bonchev–Trinajstić information content (AvgIpc) is 3.13. The predicted octanol–water partition coefficient (Wildman–Crippen LogP) is 5.42. The summed E-state index contributed by atoms with van der Waals surface area (Å²) in [4.78, 5) is 32.5. The van der Waals surface area contributed by atoms with E-state index in [-0.39, 0.29) is 22.4 Å². The first-order chi connectivity index (χ1) is 17.9. The number of hydrogen-bond acceptors (Lipinski definition) is 7. The molecule has 4 rings (SSSR count). The molecule has 8 heteroatoms. The predicted molar refractivity (Wildman–Crippen MR) is 150 cm³/mol. The number of aromatic nitrogens is 1. The largest absolute Gasteiger partial charge is 0.493 e. The van der Waals surface area contributed by atoms with Gasteiger partial charge < -0.3 is 9.64 Å². The lowest BCUT2D eigenvalue weighted by Crippen LogP contribution is -2.40. The lowest BCUT2D eigenvalue weighted by atomic mass is 9.97. The summed E-state index contributed by atoms with van der Waals surface area (Å²) in [7, 11) is -4.09. The minimum absolute atomic E-state index is 0.0144. The van der Waals surface area contributed by atoms with Crippen molar-refractivity contribution in [2.45, 2.75) is 53.0 Å². The van der Waals surface area contributed by atoms with Crippen LogP contribution >= 0.6 is 0 Å². The van der Waals surface area contributed by atoms with Crippen LogP contribution in [0.2, 0.25) is 0 Å². The molecule has 1 fully saturated rings. The van der Waals surface area contributed by atoms with Crippen molar-refractivity contribution < 1.29 is 22.7 Å². The maximum Gasteiger partial charge on any atom is 0.189 e. The van der Waals surface area contributed by atoms with Gasteiger partial charge in [0, 0.05) is 24.1 Å². The zero-order valence-electron chi connectivity index (χ0n) is 22.7. The van der Waals surface area contributed by atoms with Crippen molar-refractivity contribution in [1.29, 1.82) is 0 Å². The van der Waals surface area contributed by atoms with Crippen molar-refractivity contribution in [2.75, 3.05) is 23.8 Å². The Morgan fingerprint density at radius 2 is 1.97 bits per heavy atom. The Kier molecular flexibility index (Phi) is 7.93. The van der Waals surface area contributed by atoms with Crippen molar-refractivity contribution in [1.82, 2.24) is 4.98 Å². The maximum absolute atomic E-state index is 13.5. The molecule has 2 heterocycles. The van der Waals surface area contributed by atoms with Gasteiger partial charge in [0.05, 0.1) is 17.9 Å². The molecular formula is C30H36N2O5S. The van der Waals surface area contributed by atoms with Crippen LogP contribution in [-0.4, -0.2) is 49.4 Å². The van der Waals surface area contributed by atoms with Gasteiger partial charge in [-0.25, -0.2) is 13.4 Å². The van der Waals surface area contributed by atoms with E-state index in [2.05, 4.69) is 39.5 Å². The van der Waals surface area contributed by atoms with Gasteiger partial charge in [-0.3, -0.25) is 9.59 Å². The number of nitrogens with zero attached hydrogens (tertiary/aromatic N) is 2. The van der Waals surface area contributed by atoms with Gasteiger partial charge in [-0.15, -0.1) is 0 Å². The molecule has 0 spiro atoms. The lowest BCUT2D eigenvalue weighted by Gasteiger charge is -2.34. The molecule has 2 aromatic rings. The molecular weight excluding hydrogens is 500 g/mol. The van der Waals surface area contributed by atoms with Crippen molar-refractivity contribution >= 4 is 27.2 Å². The molecule has 202 valence electrons. The third kappa shape index (κ3) is 6.07. The third-order valence-corrected chi connectivity index (χ3v) is 8.51. The molecule has 0 N–H and O–H groups in total. The first-order valence-electron chi connectivity index (χ1n) is 13.1. The number of sulfone groups is 1. The SMILES string of the molecule is CC(C)COc1cccc(-c2ccc(C(=O)CS(=O)(=O)C3=CC=CCC3=O)c(N3C[C@@H](C)CC3(C)C)n2)c1. The van der Waals surface area contributed by atoms with E-state index in [1.165, 1.54) is 12.2 Å². The second-order valence-corrected chi connectivity index (χ2v) is 13.3. The molecule has 0 unspecified atom stereocenters. The van der Waals surface area contributed by atoms with Crippen LogP contribution in [0.5, 0.6) is 5.75 Å². The molecule has 2 aliphatic rings. The number of anilines is 1. The Morgan fingerprint density at radius 3 is 2.63 bits per heavy atom. The first kappa shape index (κ1) is 27.8. The molecule has 0 amide bonds. The molecule has 7 nitrogen and oxygen atoms in total. The Bertz CT molecular complexity index is 1410. The van der Waals surface area contributed by atoms with Gasteiger partial charge in [-0.1, -0.05) is 45.1 Å². The summed E-state index contributed by atoms with van der Waals surface area (Å²) in [5, 5.41) is 0. The average molecular weight is 537 g/mol. The normalized spacial score (nSPS) is 19.1. The van der Waals surface area contributed by atoms with E-state index in [4.69, 9.17) is 9.72 Å². The van der Waals surface area contributed by atoms with E-state index in [1.54, 1.807) is 18.2 Å². The van der Waals surface area contributed by atoms with Crippen LogP contribution in [0.1, 0.15) is 57.8 Å². The fourth-order valence-electron chi connectivity index (χ4n) is 5.13. The van der Waals surface area contributed by atoms with E-state index in [0.717, 1.165) is 17.7 Å². The van der Waals surface area contributed by atoms with Crippen LogP contribution in [0.15, 0.2) is 59.5 Å².